The highest BCUT2D eigenvalue weighted by molar-refractivity contribution is 6.30. The average molecular weight is 201 g/mol. The molecule has 0 radical (unpaired) electrons. The monoisotopic (exact) mass is 200 g/mol. The van der Waals surface area contributed by atoms with E-state index in [0.29, 0.717) is 16.8 Å². The molecule has 1 heterocycles. The molecule has 0 fully saturated rings. The van der Waals surface area contributed by atoms with E-state index in [-0.39, 0.29) is 0 Å². The molecule has 0 unspecified atom stereocenters. The number of aromatic nitrogens is 2. The number of rotatable bonds is 3. The molecule has 0 aliphatic rings. The molecule has 0 bridgehead atoms. The largest absolute Gasteiger partial charge is 0.492 e. The van der Waals surface area contributed by atoms with Crippen molar-refractivity contribution in [3.05, 3.63) is 17.2 Å². The lowest BCUT2D eigenvalue weighted by Crippen LogP contribution is -2.01. The Kier molecular flexibility index (Phi) is 3.48. The molecular weight excluding hydrogens is 188 g/mol. The number of hydrogen-bond donors (Lipinski definition) is 0. The summed E-state index contributed by atoms with van der Waals surface area (Å²) in [5, 5.41) is 0.383. The van der Waals surface area contributed by atoms with Crippen molar-refractivity contribution < 1.29 is 4.74 Å². The quantitative estimate of drug-likeness (QED) is 0.703. The maximum absolute atomic E-state index is 5.84. The van der Waals surface area contributed by atoms with Crippen LogP contribution in [0.1, 0.15) is 19.7 Å². The zero-order valence-electron chi connectivity index (χ0n) is 8.04. The Morgan fingerprint density at radius 2 is 2.23 bits per heavy atom. The Morgan fingerprint density at radius 1 is 1.54 bits per heavy atom. The molecule has 0 aliphatic carbocycles. The van der Waals surface area contributed by atoms with Gasteiger partial charge in [-0.1, -0.05) is 25.4 Å². The van der Waals surface area contributed by atoms with Crippen LogP contribution in [-0.4, -0.2) is 17.1 Å². The van der Waals surface area contributed by atoms with Crippen molar-refractivity contribution in [2.75, 3.05) is 7.11 Å². The second-order valence-corrected chi connectivity index (χ2v) is 3.60. The average Bonchev–Trinajstić information content (AvgIpc) is 2.03. The predicted octanol–water partition coefficient (Wildman–Crippen LogP) is 2.34. The van der Waals surface area contributed by atoms with Gasteiger partial charge in [-0.15, -0.1) is 0 Å². The van der Waals surface area contributed by atoms with E-state index in [4.69, 9.17) is 16.3 Å². The van der Waals surface area contributed by atoms with Crippen molar-refractivity contribution in [1.82, 2.24) is 9.97 Å². The van der Waals surface area contributed by atoms with Gasteiger partial charge >= 0.3 is 0 Å². The molecule has 0 saturated heterocycles. The molecule has 0 atom stereocenters. The molecule has 0 spiro atoms. The number of hydrogen-bond acceptors (Lipinski definition) is 3. The van der Waals surface area contributed by atoms with Gasteiger partial charge in [0.15, 0.2) is 10.9 Å². The van der Waals surface area contributed by atoms with Gasteiger partial charge in [0.1, 0.15) is 5.82 Å². The Hall–Kier alpha value is -0.830. The van der Waals surface area contributed by atoms with E-state index < -0.39 is 0 Å². The van der Waals surface area contributed by atoms with Crippen LogP contribution in [-0.2, 0) is 6.42 Å². The van der Waals surface area contributed by atoms with Gasteiger partial charge in [0.25, 0.3) is 0 Å². The Bertz CT molecular complexity index is 289. The summed E-state index contributed by atoms with van der Waals surface area (Å²) in [7, 11) is 1.55. The van der Waals surface area contributed by atoms with E-state index >= 15 is 0 Å². The highest BCUT2D eigenvalue weighted by Gasteiger charge is 2.06. The summed E-state index contributed by atoms with van der Waals surface area (Å²) in [5.41, 5.74) is 0. The van der Waals surface area contributed by atoms with Crippen LogP contribution in [0.15, 0.2) is 6.20 Å². The molecule has 0 aliphatic heterocycles. The summed E-state index contributed by atoms with van der Waals surface area (Å²) in [5.74, 6) is 1.82. The van der Waals surface area contributed by atoms with Crippen LogP contribution in [0.2, 0.25) is 5.15 Å². The summed E-state index contributed by atoms with van der Waals surface area (Å²) in [6.45, 7) is 4.23. The smallest absolute Gasteiger partial charge is 0.174 e. The van der Waals surface area contributed by atoms with E-state index in [2.05, 4.69) is 23.8 Å². The van der Waals surface area contributed by atoms with Gasteiger partial charge < -0.3 is 4.74 Å². The van der Waals surface area contributed by atoms with Gasteiger partial charge in [-0.05, 0) is 5.92 Å². The molecule has 0 saturated carbocycles. The van der Waals surface area contributed by atoms with Crippen LogP contribution in [0.5, 0.6) is 5.75 Å². The second kappa shape index (κ2) is 4.42. The predicted molar refractivity (Wildman–Crippen MR) is 52.1 cm³/mol. The summed E-state index contributed by atoms with van der Waals surface area (Å²) in [4.78, 5) is 8.24. The van der Waals surface area contributed by atoms with Gasteiger partial charge in [-0.3, -0.25) is 0 Å². The topological polar surface area (TPSA) is 35.0 Å². The number of halogens is 1. The second-order valence-electron chi connectivity index (χ2n) is 3.24. The molecular formula is C9H13ClN2O. The maximum atomic E-state index is 5.84. The highest BCUT2D eigenvalue weighted by Crippen LogP contribution is 2.20. The molecule has 13 heavy (non-hydrogen) atoms. The van der Waals surface area contributed by atoms with Gasteiger partial charge in [0, 0.05) is 6.42 Å². The van der Waals surface area contributed by atoms with Crippen LogP contribution in [0.4, 0.5) is 0 Å². The standard InChI is InChI=1S/C9H13ClN2O/c1-6(2)4-8-11-5-7(13-3)9(10)12-8/h5-6H,4H2,1-3H3. The van der Waals surface area contributed by atoms with Crippen LogP contribution in [0.3, 0.4) is 0 Å². The molecule has 1 aromatic rings. The first-order chi connectivity index (χ1) is 6.13. The zero-order chi connectivity index (χ0) is 9.84. The molecule has 0 N–H and O–H groups in total. The molecule has 0 aromatic carbocycles. The molecule has 4 heteroatoms. The number of nitrogens with zero attached hydrogens (tertiary/aromatic N) is 2. The van der Waals surface area contributed by atoms with Crippen LogP contribution >= 0.6 is 11.6 Å². The van der Waals surface area contributed by atoms with Gasteiger partial charge in [-0.25, -0.2) is 9.97 Å². The van der Waals surface area contributed by atoms with Gasteiger partial charge in [-0.2, -0.15) is 0 Å². The first-order valence-electron chi connectivity index (χ1n) is 4.19. The minimum atomic E-state index is 0.383. The zero-order valence-corrected chi connectivity index (χ0v) is 8.80. The fraction of sp³-hybridized carbons (Fsp3) is 0.556. The van der Waals surface area contributed by atoms with E-state index in [1.165, 1.54) is 0 Å². The molecule has 1 rings (SSSR count). The van der Waals surface area contributed by atoms with Crippen molar-refractivity contribution in [3.8, 4) is 5.75 Å². The van der Waals surface area contributed by atoms with Crippen molar-refractivity contribution in [2.24, 2.45) is 5.92 Å². The lowest BCUT2D eigenvalue weighted by atomic mass is 10.1. The Morgan fingerprint density at radius 3 is 2.69 bits per heavy atom. The normalized spacial score (nSPS) is 10.5. The number of methoxy groups -OCH3 is 1. The third-order valence-electron chi connectivity index (χ3n) is 1.57. The summed E-state index contributed by atoms with van der Waals surface area (Å²) < 4.78 is 4.95. The third-order valence-corrected chi connectivity index (χ3v) is 1.84. The molecule has 1 aromatic heterocycles. The third kappa shape index (κ3) is 2.84. The molecule has 0 amide bonds. The van der Waals surface area contributed by atoms with E-state index in [0.717, 1.165) is 12.2 Å². The maximum Gasteiger partial charge on any atom is 0.174 e. The molecule has 72 valence electrons. The Balaban J connectivity index is 2.83. The lowest BCUT2D eigenvalue weighted by Gasteiger charge is -2.05. The SMILES string of the molecule is COc1cnc(CC(C)C)nc1Cl. The van der Waals surface area contributed by atoms with Crippen LogP contribution in [0, 0.1) is 5.92 Å². The minimum Gasteiger partial charge on any atom is -0.492 e. The Labute approximate surface area is 83.1 Å². The highest BCUT2D eigenvalue weighted by atomic mass is 35.5. The van der Waals surface area contributed by atoms with Gasteiger partial charge in [0.05, 0.1) is 13.3 Å². The molecule has 3 nitrogen and oxygen atoms in total. The minimum absolute atomic E-state index is 0.383. The van der Waals surface area contributed by atoms with E-state index in [9.17, 15) is 0 Å². The van der Waals surface area contributed by atoms with Crippen molar-refractivity contribution in [2.45, 2.75) is 20.3 Å². The fourth-order valence-electron chi connectivity index (χ4n) is 0.984. The fourth-order valence-corrected chi connectivity index (χ4v) is 1.21. The number of ether oxygens (including phenoxy) is 1. The van der Waals surface area contributed by atoms with Crippen molar-refractivity contribution in [3.63, 3.8) is 0 Å². The lowest BCUT2D eigenvalue weighted by molar-refractivity contribution is 0.409. The van der Waals surface area contributed by atoms with Crippen LogP contribution in [0.25, 0.3) is 0 Å². The first kappa shape index (κ1) is 10.3. The van der Waals surface area contributed by atoms with Crippen LogP contribution < -0.4 is 4.74 Å². The summed E-state index contributed by atoms with van der Waals surface area (Å²) in [6.07, 6.45) is 2.44. The summed E-state index contributed by atoms with van der Waals surface area (Å²) in [6, 6.07) is 0. The van der Waals surface area contributed by atoms with Crippen molar-refractivity contribution >= 4 is 11.6 Å². The van der Waals surface area contributed by atoms with Crippen molar-refractivity contribution in [1.29, 1.82) is 0 Å². The summed E-state index contributed by atoms with van der Waals surface area (Å²) >= 11 is 5.84. The van der Waals surface area contributed by atoms with E-state index in [1.54, 1.807) is 13.3 Å². The van der Waals surface area contributed by atoms with Gasteiger partial charge in [0.2, 0.25) is 0 Å². The van der Waals surface area contributed by atoms with E-state index in [1.807, 2.05) is 0 Å². The first-order valence-corrected chi connectivity index (χ1v) is 4.56.